The number of carboxylic acid groups (broad SMARTS) is 1. The largest absolute Gasteiger partial charge is 0.508 e. The highest BCUT2D eigenvalue weighted by molar-refractivity contribution is 5.87. The Kier molecular flexibility index (Phi) is 7.21. The SMILES string of the molecule is CC1CCCC2(C(=O)O)CC[C@]3(C)C(=CCC4C5(C)CCC(OC(=O)/C=C/c6ccc(O)cc6)C(C)C5CCC43C)C12. The van der Waals surface area contributed by atoms with Crippen molar-refractivity contribution in [3.63, 3.8) is 0 Å². The molecule has 2 N–H and O–H groups in total. The summed E-state index contributed by atoms with van der Waals surface area (Å²) in [7, 11) is 0. The molecule has 9 unspecified atom stereocenters. The Morgan fingerprint density at radius 3 is 2.40 bits per heavy atom. The monoisotopic (exact) mass is 574 g/mol. The maximum Gasteiger partial charge on any atom is 0.331 e. The average molecular weight is 575 g/mol. The third kappa shape index (κ3) is 4.23. The first kappa shape index (κ1) is 29.5. The third-order valence-electron chi connectivity index (χ3n) is 13.9. The predicted molar refractivity (Wildman–Crippen MR) is 164 cm³/mol. The minimum absolute atomic E-state index is 0.0324. The standard InChI is InChI=1S/C37H50O5/c1-23-7-6-18-37(33(40)41)22-21-35(4)28(32(23)37)13-14-30-34(3)19-17-29(24(2)27(34)16-20-36(30,35)5)42-31(39)15-10-25-8-11-26(38)12-9-25/h8-13,15,23-24,27,29-30,32,38H,6-7,14,16-22H2,1-5H3,(H,40,41)/b15-10+/t23?,24?,27?,29?,30?,32?,34?,35-,36?,37?/m1/s1. The number of carbonyl (C=O) groups excluding carboxylic acids is 1. The van der Waals surface area contributed by atoms with Gasteiger partial charge in [-0.2, -0.15) is 0 Å². The Bertz CT molecular complexity index is 1300. The van der Waals surface area contributed by atoms with Gasteiger partial charge < -0.3 is 14.9 Å². The quantitative estimate of drug-likeness (QED) is 0.214. The number of hydrogen-bond acceptors (Lipinski definition) is 4. The van der Waals surface area contributed by atoms with Crippen LogP contribution in [0.15, 0.2) is 42.0 Å². The van der Waals surface area contributed by atoms with Crippen LogP contribution in [0, 0.1) is 51.2 Å². The van der Waals surface area contributed by atoms with E-state index in [2.05, 4.69) is 40.7 Å². The highest BCUT2D eigenvalue weighted by Crippen LogP contribution is 2.74. The fraction of sp³-hybridized carbons (Fsp3) is 0.676. The minimum atomic E-state index is -0.583. The van der Waals surface area contributed by atoms with Crippen molar-refractivity contribution in [1.82, 2.24) is 0 Å². The summed E-state index contributed by atoms with van der Waals surface area (Å²) in [6, 6.07) is 6.78. The number of hydrogen-bond donors (Lipinski definition) is 2. The van der Waals surface area contributed by atoms with E-state index in [4.69, 9.17) is 4.74 Å². The van der Waals surface area contributed by atoms with E-state index in [9.17, 15) is 19.8 Å². The van der Waals surface area contributed by atoms with Crippen LogP contribution in [-0.2, 0) is 14.3 Å². The van der Waals surface area contributed by atoms with E-state index in [1.54, 1.807) is 30.3 Å². The Morgan fingerprint density at radius 2 is 1.69 bits per heavy atom. The Morgan fingerprint density at radius 1 is 0.952 bits per heavy atom. The van der Waals surface area contributed by atoms with Crippen molar-refractivity contribution in [3.05, 3.63) is 47.6 Å². The lowest BCUT2D eigenvalue weighted by atomic mass is 9.34. The Hall–Kier alpha value is -2.56. The second-order valence-electron chi connectivity index (χ2n) is 15.5. The summed E-state index contributed by atoms with van der Waals surface area (Å²) < 4.78 is 6.07. The molecule has 6 rings (SSSR count). The van der Waals surface area contributed by atoms with Gasteiger partial charge in [-0.1, -0.05) is 71.2 Å². The van der Waals surface area contributed by atoms with Crippen molar-refractivity contribution in [1.29, 1.82) is 0 Å². The van der Waals surface area contributed by atoms with Gasteiger partial charge in [0.15, 0.2) is 0 Å². The molecule has 0 radical (unpaired) electrons. The second kappa shape index (κ2) is 10.3. The van der Waals surface area contributed by atoms with Crippen molar-refractivity contribution < 1.29 is 24.5 Å². The molecule has 5 heteroatoms. The van der Waals surface area contributed by atoms with Crippen LogP contribution in [0.2, 0.25) is 0 Å². The van der Waals surface area contributed by atoms with Crippen molar-refractivity contribution >= 4 is 18.0 Å². The number of esters is 1. The van der Waals surface area contributed by atoms with Gasteiger partial charge in [0.2, 0.25) is 0 Å². The zero-order valence-corrected chi connectivity index (χ0v) is 26.2. The number of rotatable bonds is 4. The lowest BCUT2D eigenvalue weighted by molar-refractivity contribution is -0.192. The van der Waals surface area contributed by atoms with E-state index in [0.29, 0.717) is 23.7 Å². The molecule has 10 atom stereocenters. The minimum Gasteiger partial charge on any atom is -0.508 e. The average Bonchev–Trinajstić information content (AvgIpc) is 2.94. The zero-order valence-electron chi connectivity index (χ0n) is 26.2. The summed E-state index contributed by atoms with van der Waals surface area (Å²) in [5, 5.41) is 20.1. The molecule has 5 aliphatic carbocycles. The topological polar surface area (TPSA) is 83.8 Å². The summed E-state index contributed by atoms with van der Waals surface area (Å²) in [4.78, 5) is 25.7. The van der Waals surface area contributed by atoms with Crippen LogP contribution in [0.4, 0.5) is 0 Å². The predicted octanol–water partition coefficient (Wildman–Crippen LogP) is 8.42. The van der Waals surface area contributed by atoms with E-state index in [0.717, 1.165) is 69.8 Å². The van der Waals surface area contributed by atoms with Gasteiger partial charge >= 0.3 is 11.9 Å². The Balaban J connectivity index is 1.23. The van der Waals surface area contributed by atoms with Crippen LogP contribution < -0.4 is 0 Å². The van der Waals surface area contributed by atoms with E-state index < -0.39 is 11.4 Å². The highest BCUT2D eigenvalue weighted by atomic mass is 16.5. The molecular weight excluding hydrogens is 524 g/mol. The third-order valence-corrected chi connectivity index (χ3v) is 13.9. The summed E-state index contributed by atoms with van der Waals surface area (Å²) in [5.41, 5.74) is 2.10. The van der Waals surface area contributed by atoms with Gasteiger partial charge in [-0.05, 0) is 121 Å². The number of carbonyl (C=O) groups is 2. The molecule has 0 aromatic heterocycles. The number of fused-ring (bicyclic) bond motifs is 7. The highest BCUT2D eigenvalue weighted by Gasteiger charge is 2.68. The number of aromatic hydroxyl groups is 1. The summed E-state index contributed by atoms with van der Waals surface area (Å²) >= 11 is 0. The maximum absolute atomic E-state index is 12.8. The smallest absolute Gasteiger partial charge is 0.331 e. The molecule has 0 aliphatic heterocycles. The molecule has 1 aromatic carbocycles. The second-order valence-corrected chi connectivity index (χ2v) is 15.5. The van der Waals surface area contributed by atoms with Gasteiger partial charge in [0.25, 0.3) is 0 Å². The Labute approximate surface area is 251 Å². The molecule has 0 heterocycles. The molecule has 0 saturated heterocycles. The van der Waals surface area contributed by atoms with E-state index >= 15 is 0 Å². The van der Waals surface area contributed by atoms with Gasteiger partial charge in [0.1, 0.15) is 11.9 Å². The van der Waals surface area contributed by atoms with E-state index in [-0.39, 0.29) is 40.0 Å². The molecule has 1 aromatic rings. The van der Waals surface area contributed by atoms with Crippen LogP contribution in [0.25, 0.3) is 6.08 Å². The summed E-state index contributed by atoms with van der Waals surface area (Å²) in [6.45, 7) is 12.2. The number of allylic oxidation sites excluding steroid dienone is 2. The van der Waals surface area contributed by atoms with E-state index in [1.807, 2.05) is 0 Å². The number of carboxylic acids is 1. The number of phenolic OH excluding ortho intramolecular Hbond substituents is 1. The molecule has 228 valence electrons. The first-order valence-corrected chi connectivity index (χ1v) is 16.5. The van der Waals surface area contributed by atoms with Crippen molar-refractivity contribution in [2.75, 3.05) is 0 Å². The summed E-state index contributed by atoms with van der Waals surface area (Å²) in [5.74, 6) is 1.25. The van der Waals surface area contributed by atoms with E-state index in [1.165, 1.54) is 11.6 Å². The van der Waals surface area contributed by atoms with Crippen LogP contribution in [0.1, 0.15) is 104 Å². The molecule has 4 saturated carbocycles. The number of phenols is 1. The van der Waals surface area contributed by atoms with Gasteiger partial charge in [0, 0.05) is 6.08 Å². The van der Waals surface area contributed by atoms with Gasteiger partial charge in [-0.15, -0.1) is 0 Å². The first-order valence-electron chi connectivity index (χ1n) is 16.5. The van der Waals surface area contributed by atoms with Crippen LogP contribution in [-0.4, -0.2) is 28.3 Å². The lowest BCUT2D eigenvalue weighted by Crippen LogP contribution is -2.64. The molecule has 42 heavy (non-hydrogen) atoms. The molecule has 0 amide bonds. The zero-order chi connectivity index (χ0) is 30.1. The van der Waals surface area contributed by atoms with Crippen molar-refractivity contribution in [3.8, 4) is 5.75 Å². The van der Waals surface area contributed by atoms with Crippen molar-refractivity contribution in [2.45, 2.75) is 105 Å². The normalized spacial score (nSPS) is 44.6. The fourth-order valence-electron chi connectivity index (χ4n) is 11.4. The number of aliphatic carboxylic acids is 1. The van der Waals surface area contributed by atoms with Gasteiger partial charge in [-0.3, -0.25) is 4.79 Å². The van der Waals surface area contributed by atoms with Crippen molar-refractivity contribution in [2.24, 2.45) is 51.2 Å². The molecule has 5 aliphatic rings. The molecule has 0 bridgehead atoms. The molecule has 0 spiro atoms. The molecule has 4 fully saturated rings. The van der Waals surface area contributed by atoms with Gasteiger partial charge in [0.05, 0.1) is 5.41 Å². The number of benzene rings is 1. The van der Waals surface area contributed by atoms with Crippen LogP contribution >= 0.6 is 0 Å². The number of ether oxygens (including phenoxy) is 1. The van der Waals surface area contributed by atoms with Crippen LogP contribution in [0.3, 0.4) is 0 Å². The first-order chi connectivity index (χ1) is 19.9. The summed E-state index contributed by atoms with van der Waals surface area (Å²) in [6.07, 6.45) is 15.7. The molecular formula is C37H50O5. The maximum atomic E-state index is 12.8. The lowest BCUT2D eigenvalue weighted by Gasteiger charge is -2.70. The molecule has 5 nitrogen and oxygen atoms in total. The van der Waals surface area contributed by atoms with Gasteiger partial charge in [-0.25, -0.2) is 4.79 Å². The fourth-order valence-corrected chi connectivity index (χ4v) is 11.4. The van der Waals surface area contributed by atoms with Crippen LogP contribution in [0.5, 0.6) is 5.75 Å².